The third kappa shape index (κ3) is 18.9. The average molecular weight is 449 g/mol. The molecule has 4 heteroatoms. The molecule has 0 heterocycles. The highest BCUT2D eigenvalue weighted by Gasteiger charge is 2.16. The molecule has 0 aromatic heterocycles. The number of aliphatic carboxylic acids is 1. The Morgan fingerprint density at radius 3 is 1.69 bits per heavy atom. The van der Waals surface area contributed by atoms with Gasteiger partial charge in [-0.05, 0) is 43.5 Å². The Morgan fingerprint density at radius 2 is 1.28 bits per heavy atom. The maximum atomic E-state index is 10.1. The highest BCUT2D eigenvalue weighted by Crippen LogP contribution is 2.15. The molecule has 1 aromatic rings. The molecule has 32 heavy (non-hydrogen) atoms. The van der Waals surface area contributed by atoms with Crippen LogP contribution in [0.15, 0.2) is 30.3 Å². The first-order chi connectivity index (χ1) is 15.2. The van der Waals surface area contributed by atoms with Crippen LogP contribution in [0.25, 0.3) is 6.08 Å². The van der Waals surface area contributed by atoms with E-state index in [0.717, 1.165) is 22.2 Å². The minimum absolute atomic E-state index is 0.169. The number of phenols is 1. The van der Waals surface area contributed by atoms with Crippen molar-refractivity contribution in [1.29, 1.82) is 0 Å². The number of benzene rings is 1. The Hall–Kier alpha value is -1.81. The molecule has 0 spiro atoms. The van der Waals surface area contributed by atoms with Gasteiger partial charge in [-0.25, -0.2) is 4.79 Å². The van der Waals surface area contributed by atoms with E-state index in [0.29, 0.717) is 0 Å². The smallest absolute Gasteiger partial charge is 0.328 e. The maximum Gasteiger partial charge on any atom is 0.328 e. The van der Waals surface area contributed by atoms with E-state index in [1.807, 2.05) is 0 Å². The van der Waals surface area contributed by atoms with Gasteiger partial charge in [0.15, 0.2) is 0 Å². The van der Waals surface area contributed by atoms with Crippen molar-refractivity contribution in [3.8, 4) is 5.75 Å². The molecule has 1 unspecified atom stereocenters. The second-order valence-corrected chi connectivity index (χ2v) is 9.91. The molecule has 0 radical (unpaired) electrons. The molecule has 0 amide bonds. The average Bonchev–Trinajstić information content (AvgIpc) is 2.73. The summed E-state index contributed by atoms with van der Waals surface area (Å²) < 4.78 is 1.11. The first-order valence-corrected chi connectivity index (χ1v) is 12.7. The van der Waals surface area contributed by atoms with Gasteiger partial charge in [-0.15, -0.1) is 0 Å². The lowest BCUT2D eigenvalue weighted by Crippen LogP contribution is -2.43. The van der Waals surface area contributed by atoms with Crippen LogP contribution in [0.1, 0.15) is 103 Å². The zero-order valence-corrected chi connectivity index (χ0v) is 21.5. The van der Waals surface area contributed by atoms with Gasteiger partial charge in [-0.1, -0.05) is 89.7 Å². The number of quaternary nitrogens is 1. The fourth-order valence-corrected chi connectivity index (χ4v) is 3.42. The SMILES string of the molecule is CCCCCCCCCCCCCCC(C)[N+](C)(C)C.O=C(O)/C=C/c1ccc(O)cc1. The van der Waals surface area contributed by atoms with Crippen molar-refractivity contribution in [3.05, 3.63) is 35.9 Å². The summed E-state index contributed by atoms with van der Waals surface area (Å²) in [6.07, 6.45) is 21.3. The quantitative estimate of drug-likeness (QED) is 0.155. The van der Waals surface area contributed by atoms with Crippen molar-refractivity contribution in [2.45, 2.75) is 103 Å². The van der Waals surface area contributed by atoms with Crippen LogP contribution in [0.3, 0.4) is 0 Å². The largest absolute Gasteiger partial charge is 0.508 e. The number of carbonyl (C=O) groups is 1. The number of nitrogens with zero attached hydrogens (tertiary/aromatic N) is 1. The Morgan fingerprint density at radius 1 is 0.844 bits per heavy atom. The molecule has 4 nitrogen and oxygen atoms in total. The van der Waals surface area contributed by atoms with Crippen molar-refractivity contribution in [1.82, 2.24) is 0 Å². The molecule has 0 saturated heterocycles. The standard InChI is InChI=1S/C19H42N.C9H8O3/c1-6-7-8-9-10-11-12-13-14-15-16-17-18-19(2)20(3,4)5;10-8-4-1-7(2-5-8)3-6-9(11)12/h19H,6-18H2,1-5H3;1-6,10H,(H,11,12)/q+1;/b;6-3+. The topological polar surface area (TPSA) is 57.5 Å². The second kappa shape index (κ2) is 18.7. The van der Waals surface area contributed by atoms with Crippen LogP contribution in [0.5, 0.6) is 5.75 Å². The summed E-state index contributed by atoms with van der Waals surface area (Å²) in [6, 6.07) is 7.07. The summed E-state index contributed by atoms with van der Waals surface area (Å²) in [7, 11) is 6.93. The van der Waals surface area contributed by atoms with Gasteiger partial charge in [-0.2, -0.15) is 0 Å². The molecule has 0 aliphatic heterocycles. The lowest BCUT2D eigenvalue weighted by atomic mass is 10.0. The Kier molecular flexibility index (Phi) is 17.7. The Labute approximate surface area is 197 Å². The van der Waals surface area contributed by atoms with Crippen LogP contribution in [0.4, 0.5) is 0 Å². The lowest BCUT2D eigenvalue weighted by Gasteiger charge is -2.31. The number of hydrogen-bond donors (Lipinski definition) is 2. The number of carboxylic acids is 1. The summed E-state index contributed by atoms with van der Waals surface area (Å²) in [5, 5.41) is 17.2. The summed E-state index contributed by atoms with van der Waals surface area (Å²) in [4.78, 5) is 10.1. The zero-order valence-electron chi connectivity index (χ0n) is 21.5. The van der Waals surface area contributed by atoms with Gasteiger partial charge in [-0.3, -0.25) is 0 Å². The summed E-state index contributed by atoms with van der Waals surface area (Å²) in [5.74, 6) is -0.814. The first-order valence-electron chi connectivity index (χ1n) is 12.7. The van der Waals surface area contributed by atoms with Crippen LogP contribution >= 0.6 is 0 Å². The molecule has 0 saturated carbocycles. The van der Waals surface area contributed by atoms with Crippen molar-refractivity contribution < 1.29 is 19.5 Å². The van der Waals surface area contributed by atoms with Gasteiger partial charge >= 0.3 is 5.97 Å². The molecule has 0 bridgehead atoms. The summed E-state index contributed by atoms with van der Waals surface area (Å²) >= 11 is 0. The van der Waals surface area contributed by atoms with Crippen molar-refractivity contribution in [2.24, 2.45) is 0 Å². The first kappa shape index (κ1) is 30.2. The number of aromatic hydroxyl groups is 1. The fourth-order valence-electron chi connectivity index (χ4n) is 3.42. The molecule has 1 atom stereocenters. The summed E-state index contributed by atoms with van der Waals surface area (Å²) in [5.41, 5.74) is 0.746. The minimum Gasteiger partial charge on any atom is -0.508 e. The van der Waals surface area contributed by atoms with E-state index in [2.05, 4.69) is 35.0 Å². The van der Waals surface area contributed by atoms with Crippen LogP contribution in [0, 0.1) is 0 Å². The molecule has 0 fully saturated rings. The van der Waals surface area contributed by atoms with Crippen LogP contribution < -0.4 is 0 Å². The van der Waals surface area contributed by atoms with Gasteiger partial charge in [0, 0.05) is 6.08 Å². The van der Waals surface area contributed by atoms with E-state index < -0.39 is 5.97 Å². The van der Waals surface area contributed by atoms with E-state index in [4.69, 9.17) is 10.2 Å². The number of unbranched alkanes of at least 4 members (excludes halogenated alkanes) is 11. The number of phenolic OH excluding ortho intramolecular Hbond substituents is 1. The number of carboxylic acid groups (broad SMARTS) is 1. The predicted octanol–water partition coefficient (Wildman–Crippen LogP) is 7.66. The van der Waals surface area contributed by atoms with Crippen LogP contribution in [-0.4, -0.2) is 47.9 Å². The van der Waals surface area contributed by atoms with Crippen molar-refractivity contribution in [2.75, 3.05) is 21.1 Å². The molecule has 0 aliphatic carbocycles. The normalized spacial score (nSPS) is 12.4. The molecule has 184 valence electrons. The molecular weight excluding hydrogens is 398 g/mol. The van der Waals surface area contributed by atoms with Crippen molar-refractivity contribution >= 4 is 12.0 Å². The molecular formula is C28H50NO3+. The zero-order chi connectivity index (χ0) is 24.2. The van der Waals surface area contributed by atoms with Gasteiger partial charge in [0.05, 0.1) is 27.2 Å². The molecule has 0 aliphatic rings. The second-order valence-electron chi connectivity index (χ2n) is 9.91. The third-order valence-corrected chi connectivity index (χ3v) is 6.11. The summed E-state index contributed by atoms with van der Waals surface area (Å²) in [6.45, 7) is 4.68. The lowest BCUT2D eigenvalue weighted by molar-refractivity contribution is -0.894. The van der Waals surface area contributed by atoms with E-state index in [-0.39, 0.29) is 5.75 Å². The molecule has 2 N–H and O–H groups in total. The monoisotopic (exact) mass is 448 g/mol. The fraction of sp³-hybridized carbons (Fsp3) is 0.679. The van der Waals surface area contributed by atoms with E-state index >= 15 is 0 Å². The molecule has 1 aromatic carbocycles. The minimum atomic E-state index is -0.983. The van der Waals surface area contributed by atoms with E-state index in [1.54, 1.807) is 12.1 Å². The number of rotatable bonds is 16. The van der Waals surface area contributed by atoms with Crippen LogP contribution in [0.2, 0.25) is 0 Å². The predicted molar refractivity (Wildman–Crippen MR) is 138 cm³/mol. The maximum absolute atomic E-state index is 10.1. The van der Waals surface area contributed by atoms with Gasteiger partial charge in [0.2, 0.25) is 0 Å². The highest BCUT2D eigenvalue weighted by molar-refractivity contribution is 5.85. The number of hydrogen-bond acceptors (Lipinski definition) is 2. The molecule has 1 rings (SSSR count). The van der Waals surface area contributed by atoms with E-state index in [1.165, 1.54) is 102 Å². The third-order valence-electron chi connectivity index (χ3n) is 6.11. The van der Waals surface area contributed by atoms with Gasteiger partial charge in [0.1, 0.15) is 5.75 Å². The Balaban J connectivity index is 0.000000677. The van der Waals surface area contributed by atoms with E-state index in [9.17, 15) is 4.79 Å². The highest BCUT2D eigenvalue weighted by atomic mass is 16.4. The van der Waals surface area contributed by atoms with Gasteiger partial charge < -0.3 is 14.7 Å². The van der Waals surface area contributed by atoms with Crippen molar-refractivity contribution in [3.63, 3.8) is 0 Å². The van der Waals surface area contributed by atoms with Gasteiger partial charge in [0.25, 0.3) is 0 Å². The van der Waals surface area contributed by atoms with Crippen LogP contribution in [-0.2, 0) is 4.79 Å². The Bertz CT molecular complexity index is 602.